The van der Waals surface area contributed by atoms with Gasteiger partial charge in [-0.1, -0.05) is 90.5 Å². The summed E-state index contributed by atoms with van der Waals surface area (Å²) in [4.78, 5) is 1.58. The predicted molar refractivity (Wildman–Crippen MR) is 98.3 cm³/mol. The fourth-order valence-corrected chi connectivity index (χ4v) is 3.86. The van der Waals surface area contributed by atoms with Gasteiger partial charge in [-0.3, -0.25) is 0 Å². The monoisotopic (exact) mass is 308 g/mol. The fraction of sp³-hybridized carbons (Fsp3) is 0.800. The van der Waals surface area contributed by atoms with E-state index in [2.05, 4.69) is 31.4 Å². The maximum Gasteiger partial charge on any atom is 0.00453 e. The van der Waals surface area contributed by atoms with E-state index in [0.717, 1.165) is 5.92 Å². The zero-order valence-electron chi connectivity index (χ0n) is 14.4. The van der Waals surface area contributed by atoms with Crippen LogP contribution in [0.4, 0.5) is 0 Å². The molecule has 0 saturated heterocycles. The van der Waals surface area contributed by atoms with Gasteiger partial charge < -0.3 is 0 Å². The normalized spacial score (nSPS) is 12.7. The summed E-state index contributed by atoms with van der Waals surface area (Å²) in [5.41, 5.74) is 0. The second-order valence-corrected chi connectivity index (χ2v) is 7.57. The van der Waals surface area contributed by atoms with Gasteiger partial charge in [0.2, 0.25) is 0 Å². The highest BCUT2D eigenvalue weighted by Gasteiger charge is 2.09. The summed E-state index contributed by atoms with van der Waals surface area (Å²) in [5, 5.41) is 2.22. The molecule has 1 unspecified atom stereocenters. The first-order chi connectivity index (χ1) is 10.4. The van der Waals surface area contributed by atoms with E-state index in [-0.39, 0.29) is 0 Å². The maximum atomic E-state index is 2.31. The lowest BCUT2D eigenvalue weighted by Gasteiger charge is -2.16. The van der Waals surface area contributed by atoms with Gasteiger partial charge in [0.05, 0.1) is 0 Å². The number of unbranched alkanes of at least 4 members (excludes halogenated alkanes) is 7. The van der Waals surface area contributed by atoms with Gasteiger partial charge in [-0.2, -0.15) is 0 Å². The molecule has 1 aromatic heterocycles. The average molecular weight is 309 g/mol. The molecule has 0 spiro atoms. The second kappa shape index (κ2) is 13.4. The lowest BCUT2D eigenvalue weighted by molar-refractivity contribution is 0.384. The summed E-state index contributed by atoms with van der Waals surface area (Å²) in [6.45, 7) is 4.61. The third-order valence-corrected chi connectivity index (χ3v) is 5.50. The number of hydrogen-bond donors (Lipinski definition) is 0. The summed E-state index contributed by atoms with van der Waals surface area (Å²) < 4.78 is 0. The van der Waals surface area contributed by atoms with Gasteiger partial charge in [0.25, 0.3) is 0 Å². The Morgan fingerprint density at radius 2 is 1.43 bits per heavy atom. The molecule has 0 fully saturated rings. The van der Waals surface area contributed by atoms with Crippen LogP contribution >= 0.6 is 11.3 Å². The Labute approximate surface area is 137 Å². The summed E-state index contributed by atoms with van der Waals surface area (Å²) in [6, 6.07) is 4.50. The molecule has 0 aliphatic rings. The second-order valence-electron chi connectivity index (χ2n) is 6.54. The lowest BCUT2D eigenvalue weighted by atomic mass is 9.90. The van der Waals surface area contributed by atoms with Gasteiger partial charge >= 0.3 is 0 Å². The van der Waals surface area contributed by atoms with E-state index in [9.17, 15) is 0 Å². The molecule has 122 valence electrons. The van der Waals surface area contributed by atoms with E-state index >= 15 is 0 Å². The Bertz CT molecular complexity index is 302. The molecule has 0 bridgehead atoms. The first-order valence-electron chi connectivity index (χ1n) is 9.39. The molecule has 1 atom stereocenters. The molecule has 21 heavy (non-hydrogen) atoms. The highest BCUT2D eigenvalue weighted by molar-refractivity contribution is 7.09. The van der Waals surface area contributed by atoms with Crippen molar-refractivity contribution in [2.24, 2.45) is 5.92 Å². The smallest absolute Gasteiger partial charge is 0.00453 e. The van der Waals surface area contributed by atoms with Crippen LogP contribution in [0.2, 0.25) is 0 Å². The molecule has 1 heterocycles. The summed E-state index contributed by atoms with van der Waals surface area (Å²) >= 11 is 1.93. The number of hydrogen-bond acceptors (Lipinski definition) is 1. The molecule has 0 amide bonds. The van der Waals surface area contributed by atoms with E-state index in [1.807, 2.05) is 11.3 Å². The van der Waals surface area contributed by atoms with Crippen LogP contribution in [0.3, 0.4) is 0 Å². The molecule has 0 radical (unpaired) electrons. The van der Waals surface area contributed by atoms with Crippen LogP contribution < -0.4 is 0 Å². The van der Waals surface area contributed by atoms with Crippen molar-refractivity contribution < 1.29 is 0 Å². The van der Waals surface area contributed by atoms with Crippen molar-refractivity contribution in [3.63, 3.8) is 0 Å². The van der Waals surface area contributed by atoms with Crippen LogP contribution in [-0.2, 0) is 6.42 Å². The molecule has 0 aromatic carbocycles. The van der Waals surface area contributed by atoms with E-state index in [1.165, 1.54) is 83.5 Å². The van der Waals surface area contributed by atoms with Crippen molar-refractivity contribution in [3.8, 4) is 0 Å². The Morgan fingerprint density at radius 3 is 2.10 bits per heavy atom. The number of aryl methyl sites for hydroxylation is 1. The van der Waals surface area contributed by atoms with E-state index in [1.54, 1.807) is 4.88 Å². The molecule has 1 aromatic rings. The highest BCUT2D eigenvalue weighted by Crippen LogP contribution is 2.24. The van der Waals surface area contributed by atoms with E-state index in [4.69, 9.17) is 0 Å². The van der Waals surface area contributed by atoms with Crippen molar-refractivity contribution in [2.75, 3.05) is 0 Å². The third-order valence-electron chi connectivity index (χ3n) is 4.56. The lowest BCUT2D eigenvalue weighted by Crippen LogP contribution is -2.03. The van der Waals surface area contributed by atoms with E-state index in [0.29, 0.717) is 0 Å². The van der Waals surface area contributed by atoms with Crippen LogP contribution in [0, 0.1) is 5.92 Å². The molecule has 0 N–H and O–H groups in total. The fourth-order valence-electron chi connectivity index (χ4n) is 3.13. The quantitative estimate of drug-likeness (QED) is 0.310. The van der Waals surface area contributed by atoms with Gasteiger partial charge in [-0.15, -0.1) is 11.3 Å². The van der Waals surface area contributed by atoms with Crippen LogP contribution in [-0.4, -0.2) is 0 Å². The van der Waals surface area contributed by atoms with Gasteiger partial charge in [-0.05, 0) is 30.2 Å². The molecular weight excluding hydrogens is 272 g/mol. The summed E-state index contributed by atoms with van der Waals surface area (Å²) in [6.07, 6.45) is 18.5. The largest absolute Gasteiger partial charge is 0.149 e. The third kappa shape index (κ3) is 10.1. The standard InChI is InChI=1S/C20H36S/c1-3-5-7-8-9-11-14-19(13-10-6-4-2)16-17-20-15-12-18-21-20/h12,15,18-19H,3-11,13-14,16-17H2,1-2H3. The van der Waals surface area contributed by atoms with Gasteiger partial charge in [0.15, 0.2) is 0 Å². The minimum atomic E-state index is 0.977. The van der Waals surface area contributed by atoms with Crippen molar-refractivity contribution >= 4 is 11.3 Å². The summed E-state index contributed by atoms with van der Waals surface area (Å²) in [7, 11) is 0. The Kier molecular flexibility index (Phi) is 11.9. The first kappa shape index (κ1) is 18.7. The SMILES string of the molecule is CCCCCCCCC(CCCCC)CCc1cccs1. The molecule has 1 heteroatoms. The minimum Gasteiger partial charge on any atom is -0.149 e. The van der Waals surface area contributed by atoms with Gasteiger partial charge in [0.1, 0.15) is 0 Å². The Hall–Kier alpha value is -0.300. The van der Waals surface area contributed by atoms with Crippen LogP contribution in [0.5, 0.6) is 0 Å². The molecular formula is C20H36S. The molecule has 0 aliphatic heterocycles. The predicted octanol–water partition coefficient (Wildman–Crippen LogP) is 7.63. The molecule has 0 saturated carbocycles. The maximum absolute atomic E-state index is 2.31. The van der Waals surface area contributed by atoms with Gasteiger partial charge in [0, 0.05) is 4.88 Å². The summed E-state index contributed by atoms with van der Waals surface area (Å²) in [5.74, 6) is 0.977. The molecule has 0 nitrogen and oxygen atoms in total. The highest BCUT2D eigenvalue weighted by atomic mass is 32.1. The van der Waals surface area contributed by atoms with Crippen molar-refractivity contribution in [2.45, 2.75) is 97.3 Å². The zero-order chi connectivity index (χ0) is 15.2. The first-order valence-corrected chi connectivity index (χ1v) is 10.3. The van der Waals surface area contributed by atoms with Crippen molar-refractivity contribution in [1.29, 1.82) is 0 Å². The minimum absolute atomic E-state index is 0.977. The molecule has 0 aliphatic carbocycles. The molecule has 1 rings (SSSR count). The Balaban J connectivity index is 2.16. The van der Waals surface area contributed by atoms with E-state index < -0.39 is 0 Å². The average Bonchev–Trinajstić information content (AvgIpc) is 3.01. The number of thiophene rings is 1. The van der Waals surface area contributed by atoms with Gasteiger partial charge in [-0.25, -0.2) is 0 Å². The topological polar surface area (TPSA) is 0 Å². The van der Waals surface area contributed by atoms with Crippen LogP contribution in [0.1, 0.15) is 95.8 Å². The van der Waals surface area contributed by atoms with Crippen LogP contribution in [0.15, 0.2) is 17.5 Å². The van der Waals surface area contributed by atoms with Crippen LogP contribution in [0.25, 0.3) is 0 Å². The zero-order valence-corrected chi connectivity index (χ0v) is 15.2. The Morgan fingerprint density at radius 1 is 0.810 bits per heavy atom. The van der Waals surface area contributed by atoms with Crippen molar-refractivity contribution in [1.82, 2.24) is 0 Å². The van der Waals surface area contributed by atoms with Crippen molar-refractivity contribution in [3.05, 3.63) is 22.4 Å². The number of rotatable bonds is 14.